The summed E-state index contributed by atoms with van der Waals surface area (Å²) in [6.07, 6.45) is 2.02. The van der Waals surface area contributed by atoms with E-state index in [2.05, 4.69) is 10.2 Å². The summed E-state index contributed by atoms with van der Waals surface area (Å²) < 4.78 is 21.4. The number of carbonyl (C=O) groups is 2. The Hall–Kier alpha value is -2.94. The summed E-state index contributed by atoms with van der Waals surface area (Å²) in [5, 5.41) is 4.51. The Morgan fingerprint density at radius 1 is 1.10 bits per heavy atom. The van der Waals surface area contributed by atoms with Crippen LogP contribution in [-0.2, 0) is 4.74 Å². The van der Waals surface area contributed by atoms with Crippen molar-refractivity contribution >= 4 is 33.2 Å². The highest BCUT2D eigenvalue weighted by Crippen LogP contribution is 2.52. The van der Waals surface area contributed by atoms with E-state index in [1.807, 2.05) is 0 Å². The molecular formula is C22H26N2O6S. The molecule has 1 amide bonds. The fourth-order valence-corrected chi connectivity index (χ4v) is 5.62. The quantitative estimate of drug-likeness (QED) is 0.646. The van der Waals surface area contributed by atoms with Gasteiger partial charge in [0.05, 0.1) is 38.5 Å². The van der Waals surface area contributed by atoms with Crippen LogP contribution < -0.4 is 24.4 Å². The van der Waals surface area contributed by atoms with Crippen molar-refractivity contribution < 1.29 is 28.5 Å². The highest BCUT2D eigenvalue weighted by atomic mass is 32.1. The molecule has 1 saturated heterocycles. The van der Waals surface area contributed by atoms with E-state index in [9.17, 15) is 9.59 Å². The van der Waals surface area contributed by atoms with Crippen LogP contribution in [0.5, 0.6) is 17.2 Å². The van der Waals surface area contributed by atoms with Gasteiger partial charge in [0.25, 0.3) is 5.91 Å². The number of fused-ring (bicyclic) bond motifs is 2. The van der Waals surface area contributed by atoms with E-state index in [0.29, 0.717) is 39.3 Å². The highest BCUT2D eigenvalue weighted by Gasteiger charge is 2.39. The molecule has 2 aromatic rings. The number of hydrogen-bond donors (Lipinski definition) is 1. The number of thiophene rings is 1. The number of hydrogen-bond acceptors (Lipinski definition) is 8. The molecule has 2 bridgehead atoms. The summed E-state index contributed by atoms with van der Waals surface area (Å²) in [6.45, 7) is 4.00. The number of nitrogens with zero attached hydrogens (tertiary/aromatic N) is 1. The summed E-state index contributed by atoms with van der Waals surface area (Å²) in [6, 6.07) is 3.17. The summed E-state index contributed by atoms with van der Waals surface area (Å²) in [7, 11) is 4.50. The summed E-state index contributed by atoms with van der Waals surface area (Å²) >= 11 is 1.44. The summed E-state index contributed by atoms with van der Waals surface area (Å²) in [4.78, 5) is 28.3. The van der Waals surface area contributed by atoms with Crippen molar-refractivity contribution in [3.05, 3.63) is 28.8 Å². The fourth-order valence-electron chi connectivity index (χ4n) is 4.30. The average Bonchev–Trinajstić information content (AvgIpc) is 3.19. The number of nitrogens with one attached hydrogen (secondary N) is 1. The molecule has 166 valence electrons. The van der Waals surface area contributed by atoms with E-state index >= 15 is 0 Å². The van der Waals surface area contributed by atoms with Crippen LogP contribution >= 0.6 is 11.3 Å². The smallest absolute Gasteiger partial charge is 0.341 e. The minimum Gasteiger partial charge on any atom is -0.493 e. The molecule has 8 nitrogen and oxygen atoms in total. The third kappa shape index (κ3) is 3.67. The van der Waals surface area contributed by atoms with Gasteiger partial charge < -0.3 is 29.2 Å². The number of ether oxygens (including phenoxy) is 4. The molecule has 0 spiro atoms. The number of anilines is 2. The molecule has 1 fully saturated rings. The molecule has 0 saturated carbocycles. The lowest BCUT2D eigenvalue weighted by molar-refractivity contribution is 0.0526. The van der Waals surface area contributed by atoms with E-state index in [1.54, 1.807) is 19.1 Å². The van der Waals surface area contributed by atoms with Crippen LogP contribution in [0.2, 0.25) is 0 Å². The zero-order chi connectivity index (χ0) is 22.1. The van der Waals surface area contributed by atoms with Gasteiger partial charge in [-0.3, -0.25) is 4.79 Å². The molecular weight excluding hydrogens is 420 g/mol. The van der Waals surface area contributed by atoms with E-state index in [1.165, 1.54) is 32.7 Å². The fraction of sp³-hybridized carbons (Fsp3) is 0.455. The normalized spacial score (nSPS) is 14.8. The second kappa shape index (κ2) is 8.66. The lowest BCUT2D eigenvalue weighted by atomic mass is 9.84. The Morgan fingerprint density at radius 3 is 2.29 bits per heavy atom. The molecule has 4 heterocycles. The standard InChI is InChI=1S/C22H26N2O6S/c1-5-30-22(26)17-16-12-6-8-24(9-7-12)21(16)31-20(17)23-19(25)13-10-14(27-2)18(29-4)15(11-13)28-3/h10-12H,5-9H2,1-4H3,(H,23,25). The van der Waals surface area contributed by atoms with Crippen molar-refractivity contribution in [1.82, 2.24) is 0 Å². The largest absolute Gasteiger partial charge is 0.493 e. The number of rotatable bonds is 7. The molecule has 0 radical (unpaired) electrons. The molecule has 31 heavy (non-hydrogen) atoms. The van der Waals surface area contributed by atoms with E-state index < -0.39 is 5.97 Å². The number of piperidine rings is 1. The Labute approximate surface area is 185 Å². The van der Waals surface area contributed by atoms with Crippen LogP contribution in [0.1, 0.15) is 52.0 Å². The molecule has 9 heteroatoms. The van der Waals surface area contributed by atoms with Crippen molar-refractivity contribution in [2.45, 2.75) is 25.7 Å². The first kappa shape index (κ1) is 21.3. The molecule has 3 aliphatic rings. The van der Waals surface area contributed by atoms with Gasteiger partial charge >= 0.3 is 5.97 Å². The van der Waals surface area contributed by atoms with E-state index in [0.717, 1.165) is 36.5 Å². The Balaban J connectivity index is 1.72. The topological polar surface area (TPSA) is 86.3 Å². The minimum atomic E-state index is -0.394. The van der Waals surface area contributed by atoms with Crippen molar-refractivity contribution in [3.63, 3.8) is 0 Å². The summed E-state index contributed by atoms with van der Waals surface area (Å²) in [5.74, 6) is 0.728. The van der Waals surface area contributed by atoms with Crippen LogP contribution in [0.3, 0.4) is 0 Å². The van der Waals surface area contributed by atoms with Gasteiger partial charge in [0.15, 0.2) is 11.5 Å². The SMILES string of the molecule is CCOC(=O)c1c(NC(=O)c2cc(OC)c(OC)c(OC)c2)sc2c1C1CCN2CC1. The van der Waals surface area contributed by atoms with Crippen molar-refractivity contribution in [1.29, 1.82) is 0 Å². The van der Waals surface area contributed by atoms with E-state index in [-0.39, 0.29) is 12.5 Å². The van der Waals surface area contributed by atoms with Gasteiger partial charge in [-0.2, -0.15) is 0 Å². The predicted octanol–water partition coefficient (Wildman–Crippen LogP) is 3.90. The van der Waals surface area contributed by atoms with Gasteiger partial charge in [0.2, 0.25) is 5.75 Å². The van der Waals surface area contributed by atoms with Gasteiger partial charge in [-0.1, -0.05) is 11.3 Å². The van der Waals surface area contributed by atoms with Crippen molar-refractivity contribution in [3.8, 4) is 17.2 Å². The molecule has 0 unspecified atom stereocenters. The second-order valence-electron chi connectivity index (χ2n) is 7.37. The molecule has 1 aromatic carbocycles. The maximum Gasteiger partial charge on any atom is 0.341 e. The highest BCUT2D eigenvalue weighted by molar-refractivity contribution is 7.21. The van der Waals surface area contributed by atoms with Gasteiger partial charge in [0.1, 0.15) is 5.00 Å². The lowest BCUT2D eigenvalue weighted by Crippen LogP contribution is -2.38. The summed E-state index contributed by atoms with van der Waals surface area (Å²) in [5.41, 5.74) is 1.83. The first-order valence-electron chi connectivity index (χ1n) is 10.2. The number of methoxy groups -OCH3 is 3. The first-order chi connectivity index (χ1) is 15.0. The minimum absolute atomic E-state index is 0.276. The molecule has 0 atom stereocenters. The van der Waals surface area contributed by atoms with Crippen molar-refractivity contribution in [2.24, 2.45) is 0 Å². The maximum absolute atomic E-state index is 13.2. The predicted molar refractivity (Wildman–Crippen MR) is 119 cm³/mol. The van der Waals surface area contributed by atoms with Crippen LogP contribution in [-0.4, -0.2) is 52.9 Å². The third-order valence-corrected chi connectivity index (χ3v) is 6.93. The van der Waals surface area contributed by atoms with Crippen LogP contribution in [0.15, 0.2) is 12.1 Å². The first-order valence-corrected chi connectivity index (χ1v) is 11.0. The van der Waals surface area contributed by atoms with E-state index in [4.69, 9.17) is 18.9 Å². The Bertz CT molecular complexity index is 985. The maximum atomic E-state index is 13.2. The third-order valence-electron chi connectivity index (χ3n) is 5.75. The molecule has 5 rings (SSSR count). The number of carbonyl (C=O) groups excluding carboxylic acids is 2. The average molecular weight is 447 g/mol. The van der Waals surface area contributed by atoms with Gasteiger partial charge in [0, 0.05) is 24.2 Å². The zero-order valence-corrected chi connectivity index (χ0v) is 18.9. The molecule has 3 aliphatic heterocycles. The molecule has 0 aliphatic carbocycles. The Morgan fingerprint density at radius 2 is 1.74 bits per heavy atom. The number of benzene rings is 1. The van der Waals surface area contributed by atoms with Gasteiger partial charge in [-0.15, -0.1) is 0 Å². The second-order valence-corrected chi connectivity index (χ2v) is 8.37. The monoisotopic (exact) mass is 446 g/mol. The number of amides is 1. The van der Waals surface area contributed by atoms with Crippen LogP contribution in [0.4, 0.5) is 10.0 Å². The van der Waals surface area contributed by atoms with Crippen LogP contribution in [0.25, 0.3) is 0 Å². The van der Waals surface area contributed by atoms with Gasteiger partial charge in [-0.25, -0.2) is 4.79 Å². The molecule has 1 aromatic heterocycles. The molecule has 1 N–H and O–H groups in total. The zero-order valence-electron chi connectivity index (χ0n) is 18.1. The Kier molecular flexibility index (Phi) is 5.95. The van der Waals surface area contributed by atoms with Crippen LogP contribution in [0, 0.1) is 0 Å². The lowest BCUT2D eigenvalue weighted by Gasteiger charge is -2.40. The van der Waals surface area contributed by atoms with Crippen molar-refractivity contribution in [2.75, 3.05) is 51.2 Å². The van der Waals surface area contributed by atoms with Gasteiger partial charge in [-0.05, 0) is 37.8 Å². The number of esters is 1.